The van der Waals surface area contributed by atoms with E-state index < -0.39 is 0 Å². The second-order valence-corrected chi connectivity index (χ2v) is 5.00. The highest BCUT2D eigenvalue weighted by atomic mass is 15.3. The molecule has 0 bridgehead atoms. The zero-order chi connectivity index (χ0) is 10.9. The Morgan fingerprint density at radius 2 is 1.93 bits per heavy atom. The van der Waals surface area contributed by atoms with Crippen molar-refractivity contribution in [2.24, 2.45) is 0 Å². The lowest BCUT2D eigenvalue weighted by atomic mass is 9.96. The summed E-state index contributed by atoms with van der Waals surface area (Å²) in [6, 6.07) is 11.2. The van der Waals surface area contributed by atoms with Crippen LogP contribution in [0.1, 0.15) is 20.8 Å². The Morgan fingerprint density at radius 1 is 1.27 bits per heavy atom. The zero-order valence-corrected chi connectivity index (χ0v) is 9.83. The average Bonchev–Trinajstić information content (AvgIpc) is 2.17. The van der Waals surface area contributed by atoms with Crippen molar-refractivity contribution in [3.05, 3.63) is 30.3 Å². The van der Waals surface area contributed by atoms with Gasteiger partial charge in [-0.15, -0.1) is 0 Å². The molecule has 1 atom stereocenters. The van der Waals surface area contributed by atoms with E-state index in [0.29, 0.717) is 6.04 Å². The molecule has 0 spiro atoms. The highest BCUT2D eigenvalue weighted by molar-refractivity contribution is 5.50. The molecular weight excluding hydrogens is 184 g/mol. The molecule has 0 aliphatic carbocycles. The van der Waals surface area contributed by atoms with Gasteiger partial charge in [-0.2, -0.15) is 0 Å². The largest absolute Gasteiger partial charge is 0.361 e. The van der Waals surface area contributed by atoms with Crippen molar-refractivity contribution in [2.75, 3.05) is 18.0 Å². The van der Waals surface area contributed by atoms with Crippen LogP contribution in [0.4, 0.5) is 5.69 Å². The summed E-state index contributed by atoms with van der Waals surface area (Å²) in [6.45, 7) is 8.98. The van der Waals surface area contributed by atoms with Crippen LogP contribution in [0.25, 0.3) is 0 Å². The van der Waals surface area contributed by atoms with E-state index in [1.807, 2.05) is 0 Å². The minimum atomic E-state index is 0.193. The Kier molecular flexibility index (Phi) is 2.70. The van der Waals surface area contributed by atoms with Crippen LogP contribution in [0.5, 0.6) is 0 Å². The quantitative estimate of drug-likeness (QED) is 0.755. The van der Waals surface area contributed by atoms with E-state index in [4.69, 9.17) is 0 Å². The van der Waals surface area contributed by atoms with Gasteiger partial charge in [-0.25, -0.2) is 0 Å². The van der Waals surface area contributed by atoms with Gasteiger partial charge in [0, 0.05) is 30.4 Å². The number of nitrogens with one attached hydrogen (secondary N) is 1. The Labute approximate surface area is 92.3 Å². The molecule has 15 heavy (non-hydrogen) atoms. The topological polar surface area (TPSA) is 15.3 Å². The number of anilines is 1. The van der Waals surface area contributed by atoms with Crippen molar-refractivity contribution in [1.82, 2.24) is 5.32 Å². The van der Waals surface area contributed by atoms with Crippen molar-refractivity contribution in [3.8, 4) is 0 Å². The van der Waals surface area contributed by atoms with Gasteiger partial charge in [0.25, 0.3) is 0 Å². The van der Waals surface area contributed by atoms with Crippen molar-refractivity contribution in [3.63, 3.8) is 0 Å². The number of rotatable bonds is 1. The summed E-state index contributed by atoms with van der Waals surface area (Å²) < 4.78 is 0. The molecular formula is C13H20N2. The number of para-hydroxylation sites is 1. The van der Waals surface area contributed by atoms with Gasteiger partial charge in [0.1, 0.15) is 0 Å². The fourth-order valence-corrected chi connectivity index (χ4v) is 2.55. The van der Waals surface area contributed by atoms with Crippen molar-refractivity contribution in [2.45, 2.75) is 32.4 Å². The molecule has 0 aromatic heterocycles. The second-order valence-electron chi connectivity index (χ2n) is 5.00. The molecule has 1 fully saturated rings. The first-order valence-electron chi connectivity index (χ1n) is 5.66. The fraction of sp³-hybridized carbons (Fsp3) is 0.538. The molecule has 82 valence electrons. The van der Waals surface area contributed by atoms with Gasteiger partial charge in [0.2, 0.25) is 0 Å². The van der Waals surface area contributed by atoms with E-state index in [9.17, 15) is 0 Å². The summed E-state index contributed by atoms with van der Waals surface area (Å²) >= 11 is 0. The zero-order valence-electron chi connectivity index (χ0n) is 9.83. The lowest BCUT2D eigenvalue weighted by molar-refractivity contribution is 0.334. The van der Waals surface area contributed by atoms with Crippen LogP contribution >= 0.6 is 0 Å². The van der Waals surface area contributed by atoms with Crippen molar-refractivity contribution < 1.29 is 0 Å². The standard InChI is InChI=1S/C13H20N2/c1-11-9-14-10-13(2,3)15(11)12-7-5-4-6-8-12/h4-8,11,14H,9-10H2,1-3H3. The lowest BCUT2D eigenvalue weighted by Crippen LogP contribution is -2.62. The summed E-state index contributed by atoms with van der Waals surface area (Å²) in [7, 11) is 0. The third kappa shape index (κ3) is 2.00. The molecule has 0 radical (unpaired) electrons. The molecule has 2 nitrogen and oxygen atoms in total. The van der Waals surface area contributed by atoms with Gasteiger partial charge in [0.15, 0.2) is 0 Å². The second kappa shape index (κ2) is 3.86. The lowest BCUT2D eigenvalue weighted by Gasteiger charge is -2.48. The molecule has 0 saturated carbocycles. The number of piperazine rings is 1. The molecule has 0 amide bonds. The van der Waals surface area contributed by atoms with Crippen molar-refractivity contribution >= 4 is 5.69 Å². The normalized spacial score (nSPS) is 25.3. The number of benzene rings is 1. The molecule has 1 aromatic rings. The molecule has 1 aliphatic heterocycles. The van der Waals surface area contributed by atoms with Crippen LogP contribution in [0.15, 0.2) is 30.3 Å². The minimum absolute atomic E-state index is 0.193. The molecule has 1 unspecified atom stereocenters. The first-order valence-corrected chi connectivity index (χ1v) is 5.66. The maximum Gasteiger partial charge on any atom is 0.0473 e. The maximum absolute atomic E-state index is 3.48. The van der Waals surface area contributed by atoms with E-state index in [1.54, 1.807) is 0 Å². The van der Waals surface area contributed by atoms with Gasteiger partial charge in [-0.1, -0.05) is 18.2 Å². The van der Waals surface area contributed by atoms with Crippen molar-refractivity contribution in [1.29, 1.82) is 0 Å². The Morgan fingerprint density at radius 3 is 2.53 bits per heavy atom. The van der Waals surface area contributed by atoms with Gasteiger partial charge < -0.3 is 10.2 Å². The molecule has 1 saturated heterocycles. The third-order valence-electron chi connectivity index (χ3n) is 3.12. The van der Waals surface area contributed by atoms with Crippen LogP contribution in [0.3, 0.4) is 0 Å². The van der Waals surface area contributed by atoms with Crippen LogP contribution in [-0.4, -0.2) is 24.7 Å². The molecule has 1 aromatic carbocycles. The predicted molar refractivity (Wildman–Crippen MR) is 65.3 cm³/mol. The number of hydrogen-bond acceptors (Lipinski definition) is 2. The van der Waals surface area contributed by atoms with Gasteiger partial charge >= 0.3 is 0 Å². The van der Waals surface area contributed by atoms with Gasteiger partial charge in [0.05, 0.1) is 0 Å². The highest BCUT2D eigenvalue weighted by Gasteiger charge is 2.33. The summed E-state index contributed by atoms with van der Waals surface area (Å²) in [5.41, 5.74) is 1.52. The summed E-state index contributed by atoms with van der Waals surface area (Å²) in [4.78, 5) is 2.52. The van der Waals surface area contributed by atoms with Gasteiger partial charge in [-0.3, -0.25) is 0 Å². The molecule has 1 heterocycles. The van der Waals surface area contributed by atoms with E-state index >= 15 is 0 Å². The van der Waals surface area contributed by atoms with Crippen LogP contribution in [0.2, 0.25) is 0 Å². The summed E-state index contributed by atoms with van der Waals surface area (Å²) in [5, 5.41) is 3.48. The minimum Gasteiger partial charge on any atom is -0.361 e. The van der Waals surface area contributed by atoms with Crippen LogP contribution in [0, 0.1) is 0 Å². The summed E-state index contributed by atoms with van der Waals surface area (Å²) in [5.74, 6) is 0. The van der Waals surface area contributed by atoms with E-state index in [-0.39, 0.29) is 5.54 Å². The van der Waals surface area contributed by atoms with Gasteiger partial charge in [-0.05, 0) is 32.9 Å². The fourth-order valence-electron chi connectivity index (χ4n) is 2.55. The van der Waals surface area contributed by atoms with E-state index in [1.165, 1.54) is 5.69 Å². The Hall–Kier alpha value is -1.02. The molecule has 2 heteroatoms. The SMILES string of the molecule is CC1CNCC(C)(C)N1c1ccccc1. The number of nitrogens with zero attached hydrogens (tertiary/aromatic N) is 1. The molecule has 1 aliphatic rings. The number of hydrogen-bond donors (Lipinski definition) is 1. The maximum atomic E-state index is 3.48. The third-order valence-corrected chi connectivity index (χ3v) is 3.12. The summed E-state index contributed by atoms with van der Waals surface area (Å²) in [6.07, 6.45) is 0. The monoisotopic (exact) mass is 204 g/mol. The first kappa shape index (κ1) is 10.5. The highest BCUT2D eigenvalue weighted by Crippen LogP contribution is 2.28. The Bertz CT molecular complexity index is 319. The van der Waals surface area contributed by atoms with E-state index in [2.05, 4.69) is 61.3 Å². The predicted octanol–water partition coefficient (Wildman–Crippen LogP) is 2.26. The van der Waals surface area contributed by atoms with E-state index in [0.717, 1.165) is 13.1 Å². The average molecular weight is 204 g/mol. The smallest absolute Gasteiger partial charge is 0.0473 e. The molecule has 2 rings (SSSR count). The van der Waals surface area contributed by atoms with Crippen LogP contribution in [-0.2, 0) is 0 Å². The first-order chi connectivity index (χ1) is 7.11. The van der Waals surface area contributed by atoms with Crippen LogP contribution < -0.4 is 10.2 Å². The molecule has 1 N–H and O–H groups in total. The Balaban J connectivity index is 2.32.